The van der Waals surface area contributed by atoms with E-state index < -0.39 is 0 Å². The molecule has 2 bridgehead atoms. The van der Waals surface area contributed by atoms with Gasteiger partial charge >= 0.3 is 0 Å². The lowest BCUT2D eigenvalue weighted by Crippen LogP contribution is -2.48. The van der Waals surface area contributed by atoms with Crippen LogP contribution in [-0.2, 0) is 11.3 Å². The van der Waals surface area contributed by atoms with Gasteiger partial charge in [0.15, 0.2) is 11.5 Å². The molecule has 3 fully saturated rings. The van der Waals surface area contributed by atoms with Gasteiger partial charge < -0.3 is 19.3 Å². The summed E-state index contributed by atoms with van der Waals surface area (Å²) >= 11 is 0. The van der Waals surface area contributed by atoms with Crippen LogP contribution < -0.4 is 9.47 Å². The molecular weight excluding hydrogens is 404 g/mol. The molecule has 5 rings (SSSR count). The van der Waals surface area contributed by atoms with Crippen molar-refractivity contribution in [2.75, 3.05) is 46.1 Å². The van der Waals surface area contributed by atoms with Gasteiger partial charge in [-0.2, -0.15) is 0 Å². The molecule has 4 atom stereocenters. The van der Waals surface area contributed by atoms with E-state index in [1.54, 1.807) is 0 Å². The summed E-state index contributed by atoms with van der Waals surface area (Å²) in [5.74, 6) is 2.50. The Kier molecular flexibility index (Phi) is 6.16. The van der Waals surface area contributed by atoms with Crippen molar-refractivity contribution >= 4 is 0 Å². The molecule has 0 amide bonds. The number of nitrogens with zero attached hydrogens (tertiary/aromatic N) is 2. The minimum absolute atomic E-state index is 0.303. The van der Waals surface area contributed by atoms with E-state index in [-0.39, 0.29) is 6.10 Å². The molecule has 2 heterocycles. The summed E-state index contributed by atoms with van der Waals surface area (Å²) in [6.07, 6.45) is 4.62. The lowest BCUT2D eigenvalue weighted by Gasteiger charge is -2.39. The Balaban J connectivity index is 1.01. The molecule has 1 saturated heterocycles. The van der Waals surface area contributed by atoms with Crippen LogP contribution >= 0.6 is 0 Å². The minimum Gasteiger partial charge on any atom is -0.454 e. The summed E-state index contributed by atoms with van der Waals surface area (Å²) in [6, 6.07) is 6.22. The molecule has 0 spiro atoms. The highest BCUT2D eigenvalue weighted by Crippen LogP contribution is 2.66. The zero-order valence-corrected chi connectivity index (χ0v) is 20.0. The van der Waals surface area contributed by atoms with Crippen molar-refractivity contribution in [1.82, 2.24) is 9.80 Å². The Morgan fingerprint density at radius 3 is 2.56 bits per heavy atom. The molecular formula is C26H40N2O4. The van der Waals surface area contributed by atoms with Crippen molar-refractivity contribution in [2.24, 2.45) is 16.7 Å². The third-order valence-corrected chi connectivity index (χ3v) is 9.26. The van der Waals surface area contributed by atoms with Gasteiger partial charge in [0.25, 0.3) is 0 Å². The lowest BCUT2D eigenvalue weighted by molar-refractivity contribution is -0.0570. The van der Waals surface area contributed by atoms with Gasteiger partial charge in [0, 0.05) is 45.9 Å². The van der Waals surface area contributed by atoms with Gasteiger partial charge in [-0.25, -0.2) is 0 Å². The minimum atomic E-state index is -0.310. The molecule has 0 aromatic heterocycles. The molecule has 1 N–H and O–H groups in total. The molecule has 0 unspecified atom stereocenters. The maximum atomic E-state index is 10.6. The van der Waals surface area contributed by atoms with Crippen LogP contribution in [0, 0.1) is 16.7 Å². The Bertz CT molecular complexity index is 807. The van der Waals surface area contributed by atoms with Gasteiger partial charge in [-0.3, -0.25) is 9.80 Å². The van der Waals surface area contributed by atoms with E-state index in [2.05, 4.69) is 42.7 Å². The van der Waals surface area contributed by atoms with Gasteiger partial charge in [0.05, 0.1) is 12.2 Å². The highest BCUT2D eigenvalue weighted by Gasteiger charge is 2.61. The Hall–Kier alpha value is -1.34. The molecule has 0 radical (unpaired) electrons. The molecule has 1 aromatic rings. The molecule has 4 aliphatic rings. The number of benzene rings is 1. The summed E-state index contributed by atoms with van der Waals surface area (Å²) in [6.45, 7) is 14.0. The largest absolute Gasteiger partial charge is 0.454 e. The van der Waals surface area contributed by atoms with Crippen molar-refractivity contribution in [3.05, 3.63) is 23.8 Å². The second-order valence-corrected chi connectivity index (χ2v) is 11.2. The van der Waals surface area contributed by atoms with Crippen LogP contribution in [-0.4, -0.2) is 73.2 Å². The second kappa shape index (κ2) is 8.79. The van der Waals surface area contributed by atoms with Crippen molar-refractivity contribution in [2.45, 2.75) is 65.2 Å². The first-order chi connectivity index (χ1) is 15.3. The summed E-state index contributed by atoms with van der Waals surface area (Å²) in [5.41, 5.74) is 1.95. The smallest absolute Gasteiger partial charge is 0.231 e. The van der Waals surface area contributed by atoms with E-state index in [0.717, 1.165) is 63.1 Å². The number of rotatable bonds is 8. The van der Waals surface area contributed by atoms with E-state index >= 15 is 0 Å². The van der Waals surface area contributed by atoms with Crippen LogP contribution in [0.15, 0.2) is 18.2 Å². The maximum absolute atomic E-state index is 10.6. The molecule has 2 aliphatic carbocycles. The molecule has 2 saturated carbocycles. The number of aliphatic hydroxyl groups is 1. The number of hydrogen-bond acceptors (Lipinski definition) is 6. The fourth-order valence-electron chi connectivity index (χ4n) is 6.55. The van der Waals surface area contributed by atoms with Gasteiger partial charge in [-0.15, -0.1) is 0 Å². The van der Waals surface area contributed by atoms with E-state index in [9.17, 15) is 5.11 Å². The van der Waals surface area contributed by atoms with Gasteiger partial charge in [-0.1, -0.05) is 26.8 Å². The second-order valence-electron chi connectivity index (χ2n) is 11.2. The van der Waals surface area contributed by atoms with E-state index in [1.807, 2.05) is 6.07 Å². The Morgan fingerprint density at radius 2 is 1.84 bits per heavy atom. The zero-order valence-electron chi connectivity index (χ0n) is 20.0. The number of aliphatic hydroxyl groups excluding tert-OH is 1. The Labute approximate surface area is 192 Å². The first-order valence-electron chi connectivity index (χ1n) is 12.5. The fourth-order valence-corrected chi connectivity index (χ4v) is 6.55. The van der Waals surface area contributed by atoms with Crippen LogP contribution in [0.25, 0.3) is 0 Å². The number of fused-ring (bicyclic) bond motifs is 3. The van der Waals surface area contributed by atoms with Crippen molar-refractivity contribution < 1.29 is 19.3 Å². The fraction of sp³-hybridized carbons (Fsp3) is 0.769. The standard InChI is InChI=1S/C26H40N2O4/c1-25(2)20-6-8-26(25,3)24(15-20)30-13-7-21(29)17-28-11-9-27(10-12-28)16-19-4-5-22-23(14-19)32-18-31-22/h4-5,14,20-21,24,29H,6-13,15-18H2,1-3H3/t20-,21+,24+,26-/m0/s1. The quantitative estimate of drug-likeness (QED) is 0.662. The summed E-state index contributed by atoms with van der Waals surface area (Å²) in [4.78, 5) is 4.86. The predicted molar refractivity (Wildman–Crippen MR) is 124 cm³/mol. The Morgan fingerprint density at radius 1 is 1.09 bits per heavy atom. The SMILES string of the molecule is CC1(C)[C@H]2CC[C@@]1(C)[C@H](OCC[C@@H](O)CN1CCN(Cc3ccc4c(c3)OCO4)CC1)C2. The molecule has 2 aliphatic heterocycles. The normalized spacial score (nSPS) is 32.5. The summed E-state index contributed by atoms with van der Waals surface area (Å²) in [5, 5.41) is 10.6. The van der Waals surface area contributed by atoms with Crippen LogP contribution in [0.1, 0.15) is 52.0 Å². The van der Waals surface area contributed by atoms with Gasteiger partial charge in [0.2, 0.25) is 6.79 Å². The first kappa shape index (κ1) is 22.5. The maximum Gasteiger partial charge on any atom is 0.231 e. The zero-order chi connectivity index (χ0) is 22.3. The summed E-state index contributed by atoms with van der Waals surface area (Å²) in [7, 11) is 0. The third-order valence-electron chi connectivity index (χ3n) is 9.26. The highest BCUT2D eigenvalue weighted by atomic mass is 16.7. The van der Waals surface area contributed by atoms with Crippen molar-refractivity contribution in [3.8, 4) is 11.5 Å². The number of β-amino-alcohol motifs (C(OH)–C–C–N with tert-alkyl or cyclic N) is 1. The molecule has 1 aromatic carbocycles. The first-order valence-corrected chi connectivity index (χ1v) is 12.5. The topological polar surface area (TPSA) is 54.4 Å². The summed E-state index contributed by atoms with van der Waals surface area (Å²) < 4.78 is 17.2. The average Bonchev–Trinajstić information content (AvgIpc) is 3.37. The van der Waals surface area contributed by atoms with E-state index in [4.69, 9.17) is 14.2 Å². The predicted octanol–water partition coefficient (Wildman–Crippen LogP) is 3.52. The van der Waals surface area contributed by atoms with Crippen LogP contribution in [0.4, 0.5) is 0 Å². The van der Waals surface area contributed by atoms with Crippen LogP contribution in [0.3, 0.4) is 0 Å². The van der Waals surface area contributed by atoms with Crippen LogP contribution in [0.2, 0.25) is 0 Å². The molecule has 6 nitrogen and oxygen atoms in total. The monoisotopic (exact) mass is 444 g/mol. The molecule has 32 heavy (non-hydrogen) atoms. The molecule has 178 valence electrons. The number of hydrogen-bond donors (Lipinski definition) is 1. The van der Waals surface area contributed by atoms with Crippen molar-refractivity contribution in [3.63, 3.8) is 0 Å². The van der Waals surface area contributed by atoms with Crippen LogP contribution in [0.5, 0.6) is 11.5 Å². The average molecular weight is 445 g/mol. The molecule has 6 heteroatoms. The number of piperazine rings is 1. The number of ether oxygens (including phenoxy) is 3. The highest BCUT2D eigenvalue weighted by molar-refractivity contribution is 5.44. The van der Waals surface area contributed by atoms with Gasteiger partial charge in [0.1, 0.15) is 0 Å². The van der Waals surface area contributed by atoms with Gasteiger partial charge in [-0.05, 0) is 60.1 Å². The van der Waals surface area contributed by atoms with E-state index in [0.29, 0.717) is 30.3 Å². The lowest BCUT2D eigenvalue weighted by atomic mass is 9.70. The third kappa shape index (κ3) is 4.15. The van der Waals surface area contributed by atoms with E-state index in [1.165, 1.54) is 24.8 Å². The van der Waals surface area contributed by atoms with Crippen molar-refractivity contribution in [1.29, 1.82) is 0 Å².